The zero-order chi connectivity index (χ0) is 15.2. The molecule has 3 rings (SSSR count). The first-order valence-corrected chi connectivity index (χ1v) is 6.74. The summed E-state index contributed by atoms with van der Waals surface area (Å²) in [4.78, 5) is 11.7. The van der Waals surface area contributed by atoms with Crippen molar-refractivity contribution < 1.29 is 9.53 Å². The number of hydrogen-bond acceptors (Lipinski definition) is 4. The number of carbonyl (C=O) groups excluding carboxylic acids is 1. The Hall–Kier alpha value is -3.15. The van der Waals surface area contributed by atoms with Crippen LogP contribution in [-0.4, -0.2) is 27.4 Å². The monoisotopic (exact) mass is 294 g/mol. The summed E-state index contributed by atoms with van der Waals surface area (Å²) in [6, 6.07) is 17.7. The molecule has 1 heterocycles. The van der Waals surface area contributed by atoms with Gasteiger partial charge in [0, 0.05) is 0 Å². The number of nitrogens with zero attached hydrogens (tertiary/aromatic N) is 3. The minimum atomic E-state index is -0.285. The van der Waals surface area contributed by atoms with E-state index in [1.807, 2.05) is 54.6 Å². The van der Waals surface area contributed by atoms with Crippen molar-refractivity contribution in [1.82, 2.24) is 14.9 Å². The molecule has 0 aliphatic rings. The van der Waals surface area contributed by atoms with Crippen LogP contribution in [0.25, 0.3) is 11.1 Å². The van der Waals surface area contributed by atoms with Crippen LogP contribution in [0.15, 0.2) is 67.3 Å². The molecule has 3 aromatic rings. The predicted octanol–water partition coefficient (Wildman–Crippen LogP) is 2.09. The Balaban J connectivity index is 1.56. The van der Waals surface area contributed by atoms with Crippen LogP contribution in [0.1, 0.15) is 0 Å². The third-order valence-electron chi connectivity index (χ3n) is 3.00. The third kappa shape index (κ3) is 3.49. The van der Waals surface area contributed by atoms with E-state index >= 15 is 0 Å². The maximum absolute atomic E-state index is 11.7. The van der Waals surface area contributed by atoms with Gasteiger partial charge in [-0.25, -0.2) is 4.68 Å². The predicted molar refractivity (Wildman–Crippen MR) is 81.8 cm³/mol. The summed E-state index contributed by atoms with van der Waals surface area (Å²) in [5, 5.41) is 7.18. The topological polar surface area (TPSA) is 69.0 Å². The quantitative estimate of drug-likeness (QED) is 0.782. The van der Waals surface area contributed by atoms with Gasteiger partial charge in [-0.15, -0.1) is 10.2 Å². The number of aromatic nitrogens is 3. The van der Waals surface area contributed by atoms with E-state index in [4.69, 9.17) is 4.74 Å². The maximum atomic E-state index is 11.7. The van der Waals surface area contributed by atoms with E-state index in [0.717, 1.165) is 11.1 Å². The van der Waals surface area contributed by atoms with Gasteiger partial charge in [0.1, 0.15) is 18.4 Å². The highest BCUT2D eigenvalue weighted by molar-refractivity contribution is 5.85. The first-order valence-electron chi connectivity index (χ1n) is 6.74. The number of amides is 1. The van der Waals surface area contributed by atoms with Crippen molar-refractivity contribution in [2.75, 3.05) is 12.0 Å². The van der Waals surface area contributed by atoms with Crippen molar-refractivity contribution in [2.24, 2.45) is 0 Å². The lowest BCUT2D eigenvalue weighted by Gasteiger charge is -2.08. The maximum Gasteiger partial charge on any atom is 0.276 e. The fourth-order valence-corrected chi connectivity index (χ4v) is 1.96. The zero-order valence-corrected chi connectivity index (χ0v) is 11.7. The minimum absolute atomic E-state index is 0.0805. The minimum Gasteiger partial charge on any atom is -0.484 e. The summed E-state index contributed by atoms with van der Waals surface area (Å²) in [6.45, 7) is -0.0805. The largest absolute Gasteiger partial charge is 0.484 e. The number of carbonyl (C=O) groups is 1. The van der Waals surface area contributed by atoms with E-state index in [0.29, 0.717) is 5.75 Å². The molecule has 6 nitrogen and oxygen atoms in total. The standard InChI is InChI=1S/C16H14N4O2/c21-16(19-20-11-17-18-12-20)10-22-15-8-6-14(7-9-15)13-4-2-1-3-5-13/h1-9,11-12H,10H2,(H,19,21). The highest BCUT2D eigenvalue weighted by atomic mass is 16.5. The lowest BCUT2D eigenvalue weighted by molar-refractivity contribution is -0.119. The average molecular weight is 294 g/mol. The van der Waals surface area contributed by atoms with E-state index < -0.39 is 0 Å². The Kier molecular flexibility index (Phi) is 4.10. The smallest absolute Gasteiger partial charge is 0.276 e. The molecule has 1 amide bonds. The van der Waals surface area contributed by atoms with Crippen LogP contribution >= 0.6 is 0 Å². The summed E-state index contributed by atoms with van der Waals surface area (Å²) >= 11 is 0. The van der Waals surface area contributed by atoms with Gasteiger partial charge in [0.2, 0.25) is 0 Å². The average Bonchev–Trinajstić information content (AvgIpc) is 3.07. The molecular weight excluding hydrogens is 280 g/mol. The molecule has 0 spiro atoms. The van der Waals surface area contributed by atoms with E-state index in [1.54, 1.807) is 0 Å². The van der Waals surface area contributed by atoms with Gasteiger partial charge in [-0.2, -0.15) is 0 Å². The summed E-state index contributed by atoms with van der Waals surface area (Å²) in [6.07, 6.45) is 2.79. The highest BCUT2D eigenvalue weighted by Crippen LogP contribution is 2.21. The molecule has 22 heavy (non-hydrogen) atoms. The molecule has 0 radical (unpaired) electrons. The van der Waals surface area contributed by atoms with Crippen LogP contribution in [0.5, 0.6) is 5.75 Å². The fraction of sp³-hybridized carbons (Fsp3) is 0.0625. The molecule has 0 aliphatic carbocycles. The van der Waals surface area contributed by atoms with Crippen LogP contribution < -0.4 is 10.2 Å². The van der Waals surface area contributed by atoms with Crippen LogP contribution in [0.2, 0.25) is 0 Å². The van der Waals surface area contributed by atoms with Crippen molar-refractivity contribution >= 4 is 5.91 Å². The number of hydrogen-bond donors (Lipinski definition) is 1. The number of nitrogens with one attached hydrogen (secondary N) is 1. The van der Waals surface area contributed by atoms with E-state index in [2.05, 4.69) is 15.6 Å². The van der Waals surface area contributed by atoms with Gasteiger partial charge < -0.3 is 4.74 Å². The number of rotatable bonds is 5. The summed E-state index contributed by atoms with van der Waals surface area (Å²) in [5.41, 5.74) is 4.79. The van der Waals surface area contributed by atoms with Crippen molar-refractivity contribution in [1.29, 1.82) is 0 Å². The van der Waals surface area contributed by atoms with Crippen LogP contribution in [0.4, 0.5) is 0 Å². The second kappa shape index (κ2) is 6.53. The Labute approximate surface area is 127 Å². The van der Waals surface area contributed by atoms with Crippen molar-refractivity contribution in [3.8, 4) is 16.9 Å². The summed E-state index contributed by atoms with van der Waals surface area (Å²) in [7, 11) is 0. The molecule has 110 valence electrons. The van der Waals surface area contributed by atoms with E-state index in [-0.39, 0.29) is 12.5 Å². The first kappa shape index (κ1) is 13.8. The van der Waals surface area contributed by atoms with Gasteiger partial charge in [-0.3, -0.25) is 10.2 Å². The Morgan fingerprint density at radius 3 is 2.27 bits per heavy atom. The van der Waals surface area contributed by atoms with Crippen LogP contribution in [0.3, 0.4) is 0 Å². The molecule has 0 unspecified atom stereocenters. The number of ether oxygens (including phenoxy) is 1. The van der Waals surface area contributed by atoms with E-state index in [9.17, 15) is 4.79 Å². The molecular formula is C16H14N4O2. The molecule has 0 saturated carbocycles. The zero-order valence-electron chi connectivity index (χ0n) is 11.7. The Bertz CT molecular complexity index is 725. The molecule has 0 atom stereocenters. The third-order valence-corrected chi connectivity index (χ3v) is 3.00. The van der Waals surface area contributed by atoms with Gasteiger partial charge in [-0.1, -0.05) is 42.5 Å². The fourth-order valence-electron chi connectivity index (χ4n) is 1.96. The Morgan fingerprint density at radius 2 is 1.59 bits per heavy atom. The van der Waals surface area contributed by atoms with E-state index in [1.165, 1.54) is 17.3 Å². The number of benzene rings is 2. The second-order valence-corrected chi connectivity index (χ2v) is 4.58. The molecule has 2 aromatic carbocycles. The lowest BCUT2D eigenvalue weighted by atomic mass is 10.1. The summed E-state index contributed by atoms with van der Waals surface area (Å²) in [5.74, 6) is 0.352. The van der Waals surface area contributed by atoms with Gasteiger partial charge in [0.05, 0.1) is 0 Å². The molecule has 0 fully saturated rings. The summed E-state index contributed by atoms with van der Waals surface area (Å²) < 4.78 is 6.81. The SMILES string of the molecule is O=C(COc1ccc(-c2ccccc2)cc1)Nn1cnnc1. The van der Waals surface area contributed by atoms with Crippen molar-refractivity contribution in [3.63, 3.8) is 0 Å². The normalized spacial score (nSPS) is 10.2. The van der Waals surface area contributed by atoms with Gasteiger partial charge >= 0.3 is 0 Å². The van der Waals surface area contributed by atoms with Gasteiger partial charge in [-0.05, 0) is 23.3 Å². The molecule has 0 bridgehead atoms. The molecule has 1 aromatic heterocycles. The lowest BCUT2D eigenvalue weighted by Crippen LogP contribution is -2.26. The molecule has 1 N–H and O–H groups in total. The first-order chi connectivity index (χ1) is 10.8. The molecule has 0 saturated heterocycles. The second-order valence-electron chi connectivity index (χ2n) is 4.58. The van der Waals surface area contributed by atoms with Gasteiger partial charge in [0.15, 0.2) is 6.61 Å². The van der Waals surface area contributed by atoms with Gasteiger partial charge in [0.25, 0.3) is 5.91 Å². The molecule has 6 heteroatoms. The van der Waals surface area contributed by atoms with Crippen LogP contribution in [0, 0.1) is 0 Å². The highest BCUT2D eigenvalue weighted by Gasteiger charge is 2.04. The van der Waals surface area contributed by atoms with Crippen LogP contribution in [-0.2, 0) is 4.79 Å². The van der Waals surface area contributed by atoms with Crippen molar-refractivity contribution in [2.45, 2.75) is 0 Å². The Morgan fingerprint density at radius 1 is 0.955 bits per heavy atom. The van der Waals surface area contributed by atoms with Crippen molar-refractivity contribution in [3.05, 3.63) is 67.3 Å². The molecule has 0 aliphatic heterocycles.